The lowest BCUT2D eigenvalue weighted by Gasteiger charge is -2.22. The number of nitrogens with zero attached hydrogens (tertiary/aromatic N) is 1. The number of alkyl halides is 3. The largest absolute Gasteiger partial charge is 0.416 e. The molecular formula is C19H19F3N2O3. The van der Waals surface area contributed by atoms with Crippen LogP contribution in [0.2, 0.25) is 0 Å². The van der Waals surface area contributed by atoms with E-state index in [1.54, 1.807) is 0 Å². The molecule has 1 aliphatic carbocycles. The number of amides is 3. The van der Waals surface area contributed by atoms with Crippen LogP contribution in [0.5, 0.6) is 0 Å². The fourth-order valence-electron chi connectivity index (χ4n) is 3.47. The lowest BCUT2D eigenvalue weighted by molar-refractivity contribution is -0.147. The second kappa shape index (κ2) is 7.17. The van der Waals surface area contributed by atoms with Crippen LogP contribution in [0.1, 0.15) is 30.9 Å². The number of halogens is 3. The predicted octanol–water partition coefficient (Wildman–Crippen LogP) is 2.66. The second-order valence-corrected chi connectivity index (χ2v) is 6.79. The summed E-state index contributed by atoms with van der Waals surface area (Å²) in [5.74, 6) is -2.03. The third-order valence-electron chi connectivity index (χ3n) is 5.06. The van der Waals surface area contributed by atoms with Crippen molar-refractivity contribution in [3.63, 3.8) is 0 Å². The maximum atomic E-state index is 12.6. The molecule has 1 aromatic rings. The van der Waals surface area contributed by atoms with Crippen LogP contribution in [-0.2, 0) is 27.1 Å². The molecule has 2 unspecified atom stereocenters. The van der Waals surface area contributed by atoms with Crippen molar-refractivity contribution in [2.75, 3.05) is 0 Å². The third-order valence-corrected chi connectivity index (χ3v) is 5.06. The summed E-state index contributed by atoms with van der Waals surface area (Å²) in [5.41, 5.74) is -0.282. The predicted molar refractivity (Wildman–Crippen MR) is 90.0 cm³/mol. The maximum absolute atomic E-state index is 12.6. The van der Waals surface area contributed by atoms with Gasteiger partial charge in [-0.25, -0.2) is 0 Å². The first-order chi connectivity index (χ1) is 12.7. The number of nitrogens with one attached hydrogen (secondary N) is 1. The van der Waals surface area contributed by atoms with Crippen LogP contribution in [-0.4, -0.2) is 28.7 Å². The molecule has 8 heteroatoms. The Kier molecular flexibility index (Phi) is 5.08. The Bertz CT molecular complexity index is 760. The normalized spacial score (nSPS) is 23.3. The number of hydrogen-bond donors (Lipinski definition) is 1. The van der Waals surface area contributed by atoms with E-state index >= 15 is 0 Å². The summed E-state index contributed by atoms with van der Waals surface area (Å²) in [6.07, 6.45) is 0.298. The van der Waals surface area contributed by atoms with Gasteiger partial charge in [-0.05, 0) is 37.5 Å². The van der Waals surface area contributed by atoms with Crippen molar-refractivity contribution in [1.82, 2.24) is 10.2 Å². The van der Waals surface area contributed by atoms with Gasteiger partial charge in [0.1, 0.15) is 6.04 Å². The number of fused-ring (bicyclic) bond motifs is 1. The molecule has 3 amide bonds. The van der Waals surface area contributed by atoms with E-state index in [4.69, 9.17) is 0 Å². The van der Waals surface area contributed by atoms with Gasteiger partial charge in [0.2, 0.25) is 17.7 Å². The Morgan fingerprint density at radius 3 is 2.11 bits per heavy atom. The van der Waals surface area contributed by atoms with Crippen molar-refractivity contribution in [3.05, 3.63) is 47.5 Å². The van der Waals surface area contributed by atoms with Crippen LogP contribution >= 0.6 is 0 Å². The molecule has 1 aliphatic heterocycles. The third kappa shape index (κ3) is 3.74. The van der Waals surface area contributed by atoms with Crippen LogP contribution in [0, 0.1) is 11.8 Å². The summed E-state index contributed by atoms with van der Waals surface area (Å²) in [6, 6.07) is 3.47. The molecule has 1 fully saturated rings. The smallest absolute Gasteiger partial charge is 0.350 e. The molecule has 1 saturated heterocycles. The van der Waals surface area contributed by atoms with Gasteiger partial charge in [0.25, 0.3) is 0 Å². The van der Waals surface area contributed by atoms with Gasteiger partial charge >= 0.3 is 6.18 Å². The number of rotatable bonds is 4. The Hall–Kier alpha value is -2.64. The first kappa shape index (κ1) is 19.1. The van der Waals surface area contributed by atoms with Gasteiger partial charge in [-0.3, -0.25) is 19.3 Å². The van der Waals surface area contributed by atoms with Gasteiger partial charge in [0, 0.05) is 6.54 Å². The standard InChI is InChI=1S/C19H19F3N2O3/c1-11(24-17(26)14-4-2-3-5-15(14)18(24)27)16(25)23-10-12-6-8-13(9-7-12)19(20,21)22/h2-3,6-9,11,14-15H,4-5,10H2,1H3,(H,23,25)/t11-,14?,15?/m0/s1. The molecule has 0 saturated carbocycles. The highest BCUT2D eigenvalue weighted by Gasteiger charge is 2.50. The van der Waals surface area contributed by atoms with Gasteiger partial charge in [0.05, 0.1) is 17.4 Å². The van der Waals surface area contributed by atoms with E-state index < -0.39 is 35.5 Å². The second-order valence-electron chi connectivity index (χ2n) is 6.79. The van der Waals surface area contributed by atoms with E-state index in [1.807, 2.05) is 12.2 Å². The minimum absolute atomic E-state index is 0.00590. The van der Waals surface area contributed by atoms with Crippen LogP contribution in [0.25, 0.3) is 0 Å². The number of carbonyl (C=O) groups excluding carboxylic acids is 3. The van der Waals surface area contributed by atoms with Crippen molar-refractivity contribution in [2.24, 2.45) is 11.8 Å². The summed E-state index contributed by atoms with van der Waals surface area (Å²) in [7, 11) is 0. The topological polar surface area (TPSA) is 66.5 Å². The Balaban J connectivity index is 1.61. The molecule has 1 heterocycles. The fraction of sp³-hybridized carbons (Fsp3) is 0.421. The molecule has 27 heavy (non-hydrogen) atoms. The van der Waals surface area contributed by atoms with E-state index in [2.05, 4.69) is 5.32 Å². The minimum atomic E-state index is -4.42. The zero-order valence-corrected chi connectivity index (χ0v) is 14.6. The first-order valence-electron chi connectivity index (χ1n) is 8.66. The molecule has 0 aromatic heterocycles. The van der Waals surface area contributed by atoms with Crippen molar-refractivity contribution < 1.29 is 27.6 Å². The lowest BCUT2D eigenvalue weighted by Crippen LogP contribution is -2.48. The SMILES string of the molecule is C[C@@H](C(=O)NCc1ccc(C(F)(F)F)cc1)N1C(=O)C2CC=CCC2C1=O. The zero-order valence-electron chi connectivity index (χ0n) is 14.6. The van der Waals surface area contributed by atoms with Crippen LogP contribution in [0.4, 0.5) is 13.2 Å². The lowest BCUT2D eigenvalue weighted by atomic mass is 9.85. The van der Waals surface area contributed by atoms with E-state index in [0.717, 1.165) is 17.0 Å². The van der Waals surface area contributed by atoms with Gasteiger partial charge in [-0.15, -0.1) is 0 Å². The summed E-state index contributed by atoms with van der Waals surface area (Å²) in [4.78, 5) is 38.4. The van der Waals surface area contributed by atoms with E-state index in [1.165, 1.54) is 19.1 Å². The number of imide groups is 1. The van der Waals surface area contributed by atoms with Crippen LogP contribution < -0.4 is 5.32 Å². The maximum Gasteiger partial charge on any atom is 0.416 e. The number of allylic oxidation sites excluding steroid dienone is 2. The molecule has 2 aliphatic rings. The summed E-state index contributed by atoms with van der Waals surface area (Å²) in [5, 5.41) is 2.57. The molecule has 5 nitrogen and oxygen atoms in total. The minimum Gasteiger partial charge on any atom is -0.350 e. The molecule has 144 valence electrons. The van der Waals surface area contributed by atoms with E-state index in [0.29, 0.717) is 18.4 Å². The van der Waals surface area contributed by atoms with Gasteiger partial charge in [-0.1, -0.05) is 24.3 Å². The number of carbonyl (C=O) groups is 3. The van der Waals surface area contributed by atoms with Crippen molar-refractivity contribution >= 4 is 17.7 Å². The Morgan fingerprint density at radius 2 is 1.63 bits per heavy atom. The Labute approximate surface area is 154 Å². The average Bonchev–Trinajstić information content (AvgIpc) is 2.90. The molecule has 1 aromatic carbocycles. The fourth-order valence-corrected chi connectivity index (χ4v) is 3.47. The monoisotopic (exact) mass is 380 g/mol. The van der Waals surface area contributed by atoms with Gasteiger partial charge < -0.3 is 5.32 Å². The van der Waals surface area contributed by atoms with Crippen molar-refractivity contribution in [2.45, 2.75) is 38.5 Å². The highest BCUT2D eigenvalue weighted by molar-refractivity contribution is 6.08. The summed E-state index contributed by atoms with van der Waals surface area (Å²) >= 11 is 0. The number of hydrogen-bond acceptors (Lipinski definition) is 3. The Morgan fingerprint density at radius 1 is 1.11 bits per heavy atom. The number of benzene rings is 1. The molecule has 0 bridgehead atoms. The highest BCUT2D eigenvalue weighted by atomic mass is 19.4. The first-order valence-corrected chi connectivity index (χ1v) is 8.66. The van der Waals surface area contributed by atoms with Crippen LogP contribution in [0.3, 0.4) is 0 Å². The average molecular weight is 380 g/mol. The summed E-state index contributed by atoms with van der Waals surface area (Å²) in [6.45, 7) is 1.48. The molecule has 0 radical (unpaired) electrons. The molecule has 3 atom stereocenters. The molecule has 1 N–H and O–H groups in total. The summed E-state index contributed by atoms with van der Waals surface area (Å²) < 4.78 is 37.7. The number of likely N-dealkylation sites (tertiary alicyclic amines) is 1. The van der Waals surface area contributed by atoms with Crippen molar-refractivity contribution in [1.29, 1.82) is 0 Å². The quantitative estimate of drug-likeness (QED) is 0.645. The van der Waals surface area contributed by atoms with Crippen molar-refractivity contribution in [3.8, 4) is 0 Å². The zero-order chi connectivity index (χ0) is 19.8. The van der Waals surface area contributed by atoms with E-state index in [9.17, 15) is 27.6 Å². The highest BCUT2D eigenvalue weighted by Crippen LogP contribution is 2.36. The molecular weight excluding hydrogens is 361 g/mol. The van der Waals surface area contributed by atoms with Gasteiger partial charge in [-0.2, -0.15) is 13.2 Å². The molecule has 0 spiro atoms. The molecule has 3 rings (SSSR count). The van der Waals surface area contributed by atoms with Gasteiger partial charge in [0.15, 0.2) is 0 Å². The van der Waals surface area contributed by atoms with Crippen LogP contribution in [0.15, 0.2) is 36.4 Å². The van der Waals surface area contributed by atoms with E-state index in [-0.39, 0.29) is 18.4 Å².